The molecule has 29 heavy (non-hydrogen) atoms. The number of likely N-dealkylation sites (N-methyl/N-ethyl adjacent to an activating group) is 1. The molecule has 2 heterocycles. The van der Waals surface area contributed by atoms with Crippen molar-refractivity contribution in [2.24, 2.45) is 5.92 Å². The first-order valence-corrected chi connectivity index (χ1v) is 10.2. The van der Waals surface area contributed by atoms with Gasteiger partial charge >= 0.3 is 0 Å². The lowest BCUT2D eigenvalue weighted by Crippen LogP contribution is -2.49. The van der Waals surface area contributed by atoms with Gasteiger partial charge in [-0.2, -0.15) is 0 Å². The van der Waals surface area contributed by atoms with E-state index >= 15 is 0 Å². The van der Waals surface area contributed by atoms with Crippen LogP contribution in [-0.2, 0) is 11.3 Å². The normalized spacial score (nSPS) is 20.2. The van der Waals surface area contributed by atoms with Crippen LogP contribution in [0.3, 0.4) is 0 Å². The first kappa shape index (κ1) is 21.0. The van der Waals surface area contributed by atoms with E-state index in [1.54, 1.807) is 26.5 Å². The van der Waals surface area contributed by atoms with Crippen LogP contribution >= 0.6 is 0 Å². The quantitative estimate of drug-likeness (QED) is 0.682. The Kier molecular flexibility index (Phi) is 7.04. The SMILES string of the molecule is C/C(=C\C1C=CC=CC1)CN1CCN(c2nccn(CC(=O)N(C)C)c2=O)CC1. The molecule has 1 amide bonds. The Bertz CT molecular complexity index is 860. The van der Waals surface area contributed by atoms with Crippen molar-refractivity contribution >= 4 is 11.7 Å². The molecular weight excluding hydrogens is 366 g/mol. The zero-order valence-electron chi connectivity index (χ0n) is 17.6. The fourth-order valence-corrected chi connectivity index (χ4v) is 3.68. The minimum absolute atomic E-state index is 0.0378. The lowest BCUT2D eigenvalue weighted by Gasteiger charge is -2.35. The lowest BCUT2D eigenvalue weighted by molar-refractivity contribution is -0.129. The number of hydrogen-bond donors (Lipinski definition) is 0. The molecule has 1 aliphatic carbocycles. The number of anilines is 1. The average Bonchev–Trinajstić information content (AvgIpc) is 2.71. The predicted octanol–water partition coefficient (Wildman–Crippen LogP) is 1.53. The van der Waals surface area contributed by atoms with Crippen molar-refractivity contribution in [2.45, 2.75) is 19.9 Å². The van der Waals surface area contributed by atoms with Gasteiger partial charge in [0, 0.05) is 59.2 Å². The number of hydrogen-bond acceptors (Lipinski definition) is 5. The van der Waals surface area contributed by atoms with E-state index in [9.17, 15) is 9.59 Å². The van der Waals surface area contributed by atoms with Gasteiger partial charge in [-0.15, -0.1) is 0 Å². The van der Waals surface area contributed by atoms with Crippen LogP contribution in [0.15, 0.2) is 53.1 Å². The number of allylic oxidation sites excluding steroid dienone is 5. The van der Waals surface area contributed by atoms with E-state index in [-0.39, 0.29) is 18.0 Å². The van der Waals surface area contributed by atoms with Crippen LogP contribution in [0.5, 0.6) is 0 Å². The molecule has 1 aliphatic heterocycles. The maximum Gasteiger partial charge on any atom is 0.293 e. The van der Waals surface area contributed by atoms with Gasteiger partial charge in [-0.05, 0) is 19.3 Å². The number of piperazine rings is 1. The molecule has 1 unspecified atom stereocenters. The van der Waals surface area contributed by atoms with E-state index in [1.807, 2.05) is 4.90 Å². The third kappa shape index (κ3) is 5.67. The largest absolute Gasteiger partial charge is 0.349 e. The molecule has 0 aromatic carbocycles. The summed E-state index contributed by atoms with van der Waals surface area (Å²) in [6, 6.07) is 0. The summed E-state index contributed by atoms with van der Waals surface area (Å²) >= 11 is 0. The zero-order chi connectivity index (χ0) is 20.8. The molecule has 3 rings (SSSR count). The summed E-state index contributed by atoms with van der Waals surface area (Å²) in [6.07, 6.45) is 15.3. The van der Waals surface area contributed by atoms with Gasteiger partial charge in [0.1, 0.15) is 6.54 Å². The van der Waals surface area contributed by atoms with Crippen molar-refractivity contribution in [3.8, 4) is 0 Å². The number of rotatable bonds is 6. The monoisotopic (exact) mass is 397 g/mol. The van der Waals surface area contributed by atoms with Crippen molar-refractivity contribution in [1.29, 1.82) is 0 Å². The van der Waals surface area contributed by atoms with E-state index in [1.165, 1.54) is 15.0 Å². The highest BCUT2D eigenvalue weighted by molar-refractivity contribution is 5.75. The van der Waals surface area contributed by atoms with Crippen LogP contribution < -0.4 is 10.5 Å². The summed E-state index contributed by atoms with van der Waals surface area (Å²) in [5.74, 6) is 0.822. The average molecular weight is 398 g/mol. The van der Waals surface area contributed by atoms with Gasteiger partial charge in [-0.25, -0.2) is 4.98 Å². The van der Waals surface area contributed by atoms with E-state index in [0.29, 0.717) is 11.7 Å². The molecule has 156 valence electrons. The number of aromatic nitrogens is 2. The molecule has 1 aromatic heterocycles. The smallest absolute Gasteiger partial charge is 0.293 e. The molecule has 0 spiro atoms. The Labute approximate surface area is 172 Å². The molecule has 0 bridgehead atoms. The number of carbonyl (C=O) groups is 1. The second-order valence-corrected chi connectivity index (χ2v) is 7.96. The third-order valence-electron chi connectivity index (χ3n) is 5.36. The van der Waals surface area contributed by atoms with Crippen molar-refractivity contribution in [2.75, 3.05) is 51.7 Å². The number of nitrogens with zero attached hydrogens (tertiary/aromatic N) is 5. The highest BCUT2D eigenvalue weighted by Crippen LogP contribution is 2.16. The van der Waals surface area contributed by atoms with E-state index in [4.69, 9.17) is 0 Å². The maximum absolute atomic E-state index is 12.8. The van der Waals surface area contributed by atoms with E-state index in [0.717, 1.165) is 39.1 Å². The van der Waals surface area contributed by atoms with Gasteiger partial charge in [0.25, 0.3) is 5.56 Å². The van der Waals surface area contributed by atoms with Crippen LogP contribution in [0.25, 0.3) is 0 Å². The minimum Gasteiger partial charge on any atom is -0.349 e. The molecule has 1 saturated heterocycles. The Morgan fingerprint density at radius 1 is 1.21 bits per heavy atom. The Hall–Kier alpha value is -2.67. The minimum atomic E-state index is -0.204. The summed E-state index contributed by atoms with van der Waals surface area (Å²) in [5.41, 5.74) is 1.18. The predicted molar refractivity (Wildman–Crippen MR) is 116 cm³/mol. The first-order valence-electron chi connectivity index (χ1n) is 10.2. The molecule has 1 aromatic rings. The molecule has 7 nitrogen and oxygen atoms in total. The summed E-state index contributed by atoms with van der Waals surface area (Å²) in [6.45, 7) is 6.47. The van der Waals surface area contributed by atoms with Crippen molar-refractivity contribution in [3.63, 3.8) is 0 Å². The molecular formula is C22H31N5O2. The van der Waals surface area contributed by atoms with Crippen LogP contribution in [0, 0.1) is 5.92 Å². The zero-order valence-corrected chi connectivity index (χ0v) is 17.6. The van der Waals surface area contributed by atoms with Crippen LogP contribution in [0.4, 0.5) is 5.82 Å². The second-order valence-electron chi connectivity index (χ2n) is 7.96. The molecule has 2 aliphatic rings. The second kappa shape index (κ2) is 9.69. The van der Waals surface area contributed by atoms with Crippen LogP contribution in [-0.4, -0.2) is 72.1 Å². The van der Waals surface area contributed by atoms with Crippen LogP contribution in [0.2, 0.25) is 0 Å². The third-order valence-corrected chi connectivity index (χ3v) is 5.36. The highest BCUT2D eigenvalue weighted by atomic mass is 16.2. The summed E-state index contributed by atoms with van der Waals surface area (Å²) in [7, 11) is 3.37. The molecule has 1 atom stereocenters. The molecule has 0 radical (unpaired) electrons. The summed E-state index contributed by atoms with van der Waals surface area (Å²) in [4.78, 5) is 35.0. The van der Waals surface area contributed by atoms with Gasteiger partial charge < -0.3 is 14.4 Å². The fraction of sp³-hybridized carbons (Fsp3) is 0.500. The molecule has 1 fully saturated rings. The van der Waals surface area contributed by atoms with Gasteiger partial charge in [0.15, 0.2) is 5.82 Å². The fourth-order valence-electron chi connectivity index (χ4n) is 3.68. The summed E-state index contributed by atoms with van der Waals surface area (Å²) < 4.78 is 1.44. The topological polar surface area (TPSA) is 61.7 Å². The van der Waals surface area contributed by atoms with Gasteiger partial charge in [-0.3, -0.25) is 14.5 Å². The Morgan fingerprint density at radius 2 is 1.97 bits per heavy atom. The standard InChI is InChI=1S/C22H31N5O2/c1-18(15-19-7-5-4-6-8-19)16-25-11-13-26(14-12-25)21-22(29)27(10-9-23-21)17-20(28)24(2)3/h4-7,9-10,15,19H,8,11-14,16-17H2,1-3H3/b18-15+. The molecule has 0 saturated carbocycles. The first-order chi connectivity index (χ1) is 13.9. The Morgan fingerprint density at radius 3 is 2.62 bits per heavy atom. The lowest BCUT2D eigenvalue weighted by atomic mass is 9.98. The molecule has 0 N–H and O–H groups in total. The number of amides is 1. The van der Waals surface area contributed by atoms with Gasteiger partial charge in [-0.1, -0.05) is 36.0 Å². The number of carbonyl (C=O) groups excluding carboxylic acids is 1. The summed E-state index contributed by atoms with van der Waals surface area (Å²) in [5, 5.41) is 0. The van der Waals surface area contributed by atoms with Crippen LogP contribution in [0.1, 0.15) is 13.3 Å². The molecule has 7 heteroatoms. The van der Waals surface area contributed by atoms with Crippen molar-refractivity contribution in [3.05, 3.63) is 58.7 Å². The van der Waals surface area contributed by atoms with E-state index in [2.05, 4.69) is 47.2 Å². The van der Waals surface area contributed by atoms with Gasteiger partial charge in [0.05, 0.1) is 0 Å². The maximum atomic E-state index is 12.8. The highest BCUT2D eigenvalue weighted by Gasteiger charge is 2.21. The van der Waals surface area contributed by atoms with Crippen molar-refractivity contribution in [1.82, 2.24) is 19.4 Å². The van der Waals surface area contributed by atoms with Gasteiger partial charge in [0.2, 0.25) is 5.91 Å². The van der Waals surface area contributed by atoms with Crippen molar-refractivity contribution < 1.29 is 4.79 Å². The Balaban J connectivity index is 1.57. The van der Waals surface area contributed by atoms with E-state index < -0.39 is 0 Å².